The molecule has 0 bridgehead atoms. The van der Waals surface area contributed by atoms with Crippen LogP contribution in [0, 0.1) is 0 Å². The number of amides is 1. The number of nitrogens with one attached hydrogen (secondary N) is 1. The van der Waals surface area contributed by atoms with Crippen LogP contribution >= 0.6 is 0 Å². The molecular formula is C44H56N2O6S. The van der Waals surface area contributed by atoms with Crippen molar-refractivity contribution in [2.24, 2.45) is 0 Å². The Morgan fingerprint density at radius 3 is 2.19 bits per heavy atom. The van der Waals surface area contributed by atoms with Crippen LogP contribution in [0.4, 0.5) is 5.69 Å². The van der Waals surface area contributed by atoms with Gasteiger partial charge in [-0.2, -0.15) is 0 Å². The highest BCUT2D eigenvalue weighted by Crippen LogP contribution is 2.31. The highest BCUT2D eigenvalue weighted by atomic mass is 32.2. The molecule has 2 N–H and O–H groups in total. The SMILES string of the molecule is O=CNc1cc(C(O)CN(CCCCCCOCCCCc2cccc(S(=O)(=O)C3CCCC3)c2)Cc2ccccc2)ccc1OCc1ccccc1. The van der Waals surface area contributed by atoms with Gasteiger partial charge in [0.15, 0.2) is 9.84 Å². The molecule has 4 aromatic carbocycles. The molecule has 1 saturated carbocycles. The summed E-state index contributed by atoms with van der Waals surface area (Å²) >= 11 is 0. The smallest absolute Gasteiger partial charge is 0.211 e. The number of hydrogen-bond donors (Lipinski definition) is 2. The van der Waals surface area contributed by atoms with Crippen LogP contribution in [-0.4, -0.2) is 56.4 Å². The van der Waals surface area contributed by atoms with Crippen LogP contribution in [0.3, 0.4) is 0 Å². The maximum atomic E-state index is 13.0. The third-order valence-electron chi connectivity index (χ3n) is 10.0. The van der Waals surface area contributed by atoms with Crippen molar-refractivity contribution in [3.05, 3.63) is 125 Å². The molecule has 1 aliphatic carbocycles. The van der Waals surface area contributed by atoms with Crippen molar-refractivity contribution in [1.82, 2.24) is 4.90 Å². The highest BCUT2D eigenvalue weighted by Gasteiger charge is 2.30. The Balaban J connectivity index is 1.01. The zero-order valence-corrected chi connectivity index (χ0v) is 31.7. The summed E-state index contributed by atoms with van der Waals surface area (Å²) < 4.78 is 37.9. The summed E-state index contributed by atoms with van der Waals surface area (Å²) in [6, 6.07) is 33.2. The molecule has 9 heteroatoms. The van der Waals surface area contributed by atoms with Crippen LogP contribution in [0.1, 0.15) is 92.6 Å². The van der Waals surface area contributed by atoms with Gasteiger partial charge in [-0.3, -0.25) is 9.69 Å². The Hall–Kier alpha value is -4.02. The van der Waals surface area contributed by atoms with E-state index in [0.29, 0.717) is 42.5 Å². The minimum absolute atomic E-state index is 0.213. The fourth-order valence-electron chi connectivity index (χ4n) is 7.02. The number of aliphatic hydroxyl groups excluding tert-OH is 1. The molecule has 1 aliphatic rings. The lowest BCUT2D eigenvalue weighted by molar-refractivity contribution is -0.105. The second-order valence-electron chi connectivity index (χ2n) is 14.1. The summed E-state index contributed by atoms with van der Waals surface area (Å²) in [6.45, 7) is 3.88. The van der Waals surface area contributed by atoms with Crippen LogP contribution in [0.25, 0.3) is 0 Å². The molecule has 1 atom stereocenters. The summed E-state index contributed by atoms with van der Waals surface area (Å²) in [6.07, 6.45) is 10.4. The fourth-order valence-corrected chi connectivity index (χ4v) is 8.94. The van der Waals surface area contributed by atoms with Gasteiger partial charge in [-0.1, -0.05) is 105 Å². The van der Waals surface area contributed by atoms with E-state index >= 15 is 0 Å². The van der Waals surface area contributed by atoms with Gasteiger partial charge in [-0.05, 0) is 98.0 Å². The van der Waals surface area contributed by atoms with Gasteiger partial charge < -0.3 is 19.9 Å². The minimum atomic E-state index is -3.22. The van der Waals surface area contributed by atoms with E-state index in [1.807, 2.05) is 78.9 Å². The van der Waals surface area contributed by atoms with Gasteiger partial charge >= 0.3 is 0 Å². The van der Waals surface area contributed by atoms with E-state index in [0.717, 1.165) is 107 Å². The Kier molecular flexibility index (Phi) is 16.4. The maximum absolute atomic E-state index is 13.0. The van der Waals surface area contributed by atoms with E-state index in [1.54, 1.807) is 12.1 Å². The number of sulfone groups is 1. The van der Waals surface area contributed by atoms with Crippen molar-refractivity contribution in [1.29, 1.82) is 0 Å². The molecule has 0 heterocycles. The number of ether oxygens (including phenoxy) is 2. The first kappa shape index (κ1) is 40.2. The number of carbonyl (C=O) groups excluding carboxylic acids is 1. The molecular weight excluding hydrogens is 685 g/mol. The Bertz CT molecular complexity index is 1760. The quantitative estimate of drug-likeness (QED) is 0.0547. The van der Waals surface area contributed by atoms with E-state index < -0.39 is 15.9 Å². The molecule has 8 nitrogen and oxygen atoms in total. The molecule has 1 unspecified atom stereocenters. The molecule has 1 amide bonds. The molecule has 0 aliphatic heterocycles. The van der Waals surface area contributed by atoms with Crippen LogP contribution < -0.4 is 10.1 Å². The lowest BCUT2D eigenvalue weighted by atomic mass is 10.1. The van der Waals surface area contributed by atoms with Crippen molar-refractivity contribution in [3.63, 3.8) is 0 Å². The summed E-state index contributed by atoms with van der Waals surface area (Å²) in [4.78, 5) is 14.2. The zero-order valence-electron chi connectivity index (χ0n) is 30.9. The summed E-state index contributed by atoms with van der Waals surface area (Å²) in [7, 11) is -3.22. The first-order valence-electron chi connectivity index (χ1n) is 19.3. The summed E-state index contributed by atoms with van der Waals surface area (Å²) in [5.41, 5.74) is 4.56. The van der Waals surface area contributed by atoms with Crippen molar-refractivity contribution >= 4 is 21.9 Å². The van der Waals surface area contributed by atoms with Crippen molar-refractivity contribution in [2.45, 2.75) is 100 Å². The average molecular weight is 741 g/mol. The second-order valence-corrected chi connectivity index (χ2v) is 16.3. The molecule has 1 fully saturated rings. The first-order chi connectivity index (χ1) is 25.9. The number of carbonyl (C=O) groups is 1. The van der Waals surface area contributed by atoms with E-state index in [4.69, 9.17) is 9.47 Å². The maximum Gasteiger partial charge on any atom is 0.211 e. The molecule has 0 radical (unpaired) electrons. The predicted octanol–water partition coefficient (Wildman–Crippen LogP) is 8.69. The number of unbranched alkanes of at least 4 members (excludes halogenated alkanes) is 4. The van der Waals surface area contributed by atoms with Gasteiger partial charge in [0.1, 0.15) is 12.4 Å². The second kappa shape index (κ2) is 21.6. The first-order valence-corrected chi connectivity index (χ1v) is 20.8. The molecule has 5 rings (SSSR count). The van der Waals surface area contributed by atoms with Crippen LogP contribution in [0.2, 0.25) is 0 Å². The average Bonchev–Trinajstić information content (AvgIpc) is 3.74. The Labute approximate surface area is 316 Å². The largest absolute Gasteiger partial charge is 0.487 e. The van der Waals surface area contributed by atoms with E-state index in [1.165, 1.54) is 5.56 Å². The van der Waals surface area contributed by atoms with E-state index in [9.17, 15) is 18.3 Å². The number of rotatable bonds is 24. The lowest BCUT2D eigenvalue weighted by Gasteiger charge is -2.26. The van der Waals surface area contributed by atoms with Crippen molar-refractivity contribution in [2.75, 3.05) is 31.6 Å². The molecule has 284 valence electrons. The summed E-state index contributed by atoms with van der Waals surface area (Å²) in [5.74, 6) is 0.553. The lowest BCUT2D eigenvalue weighted by Crippen LogP contribution is -2.29. The topological polar surface area (TPSA) is 105 Å². The van der Waals surface area contributed by atoms with Gasteiger partial charge in [-0.25, -0.2) is 8.42 Å². The normalized spacial score (nSPS) is 14.0. The Morgan fingerprint density at radius 2 is 1.45 bits per heavy atom. The molecule has 53 heavy (non-hydrogen) atoms. The molecule has 4 aromatic rings. The fraction of sp³-hybridized carbons (Fsp3) is 0.432. The number of anilines is 1. The van der Waals surface area contributed by atoms with Crippen LogP contribution in [0.5, 0.6) is 5.75 Å². The molecule has 0 aromatic heterocycles. The number of nitrogens with zero attached hydrogens (tertiary/aromatic N) is 1. The van der Waals surface area contributed by atoms with Gasteiger partial charge in [-0.15, -0.1) is 0 Å². The van der Waals surface area contributed by atoms with Gasteiger partial charge in [0.25, 0.3) is 0 Å². The van der Waals surface area contributed by atoms with Gasteiger partial charge in [0.05, 0.1) is 21.9 Å². The number of hydrogen-bond acceptors (Lipinski definition) is 7. The van der Waals surface area contributed by atoms with Crippen LogP contribution in [-0.2, 0) is 38.9 Å². The number of aliphatic hydroxyl groups is 1. The third-order valence-corrected chi connectivity index (χ3v) is 12.3. The monoisotopic (exact) mass is 740 g/mol. The number of aryl methyl sites for hydroxylation is 1. The highest BCUT2D eigenvalue weighted by molar-refractivity contribution is 7.92. The standard InChI is InChI=1S/C44H56N2O6S/c47-35-45-42-31-39(25-26-44(42)52-34-38-19-7-4-8-20-38)43(48)33-46(32-37-17-5-3-6-18-37)27-12-1-2-13-28-51-29-14-11-16-36-21-15-24-41(30-36)53(49,50)40-22-9-10-23-40/h3-8,15,17-21,24-26,30-31,35,40,43,48H,1-2,9-14,16,22-23,27-29,32-34H2,(H,45,47). The Morgan fingerprint density at radius 1 is 0.774 bits per heavy atom. The third kappa shape index (κ3) is 13.1. The molecule has 0 spiro atoms. The van der Waals surface area contributed by atoms with Crippen LogP contribution in [0.15, 0.2) is 108 Å². The zero-order chi connectivity index (χ0) is 37.1. The van der Waals surface area contributed by atoms with Gasteiger partial charge in [0, 0.05) is 26.3 Å². The molecule has 0 saturated heterocycles. The van der Waals surface area contributed by atoms with Crippen molar-refractivity contribution < 1.29 is 27.8 Å². The van der Waals surface area contributed by atoms with E-state index in [2.05, 4.69) is 22.3 Å². The predicted molar refractivity (Wildman–Crippen MR) is 212 cm³/mol. The van der Waals surface area contributed by atoms with Gasteiger partial charge in [0.2, 0.25) is 6.41 Å². The summed E-state index contributed by atoms with van der Waals surface area (Å²) in [5, 5.41) is 13.9. The van der Waals surface area contributed by atoms with Crippen molar-refractivity contribution in [3.8, 4) is 5.75 Å². The van der Waals surface area contributed by atoms with E-state index in [-0.39, 0.29) is 5.25 Å². The number of benzene rings is 4. The minimum Gasteiger partial charge on any atom is -0.487 e.